The molecule has 4 aromatic carbocycles. The third kappa shape index (κ3) is 2.88. The summed E-state index contributed by atoms with van der Waals surface area (Å²) in [6.45, 7) is 1.75. The monoisotopic (exact) mass is 373 g/mol. The van der Waals surface area contributed by atoms with Gasteiger partial charge in [-0.05, 0) is 41.5 Å². The SMILES string of the molecule is Cc1cc(O)c(N=Nc2c(O)ccc3ccccc23)c2ccc([N+](=O)[O-])cc12. The number of nitro benzene ring substituents is 1. The molecule has 7 heteroatoms. The van der Waals surface area contributed by atoms with Crippen LogP contribution in [0.15, 0.2) is 70.9 Å². The topological polar surface area (TPSA) is 108 Å². The molecule has 0 saturated carbocycles. The Hall–Kier alpha value is -4.00. The van der Waals surface area contributed by atoms with Gasteiger partial charge < -0.3 is 10.2 Å². The van der Waals surface area contributed by atoms with Crippen LogP contribution in [0.25, 0.3) is 21.5 Å². The Morgan fingerprint density at radius 2 is 1.54 bits per heavy atom. The first-order chi connectivity index (χ1) is 13.5. The standard InChI is InChI=1S/C21H15N3O4/c1-12-10-19(26)21(16-8-7-14(24(27)28)11-17(12)16)23-22-20-15-5-3-2-4-13(15)6-9-18(20)25/h2-11,25-26H,1H3. The Morgan fingerprint density at radius 1 is 0.821 bits per heavy atom. The fourth-order valence-corrected chi connectivity index (χ4v) is 3.22. The molecule has 0 aliphatic heterocycles. The molecule has 0 aromatic heterocycles. The number of aromatic hydroxyl groups is 2. The van der Waals surface area contributed by atoms with Crippen LogP contribution in [0.1, 0.15) is 5.56 Å². The van der Waals surface area contributed by atoms with Gasteiger partial charge in [0.2, 0.25) is 0 Å². The Labute approximate surface area is 159 Å². The zero-order chi connectivity index (χ0) is 19.8. The first-order valence-corrected chi connectivity index (χ1v) is 8.49. The van der Waals surface area contributed by atoms with Crippen LogP contribution >= 0.6 is 0 Å². The summed E-state index contributed by atoms with van der Waals surface area (Å²) < 4.78 is 0. The second kappa shape index (κ2) is 6.62. The molecule has 0 spiro atoms. The van der Waals surface area contributed by atoms with Crippen LogP contribution in [0.2, 0.25) is 0 Å². The van der Waals surface area contributed by atoms with Crippen LogP contribution in [0.5, 0.6) is 11.5 Å². The van der Waals surface area contributed by atoms with E-state index in [0.717, 1.165) is 10.8 Å². The van der Waals surface area contributed by atoms with E-state index in [4.69, 9.17) is 0 Å². The van der Waals surface area contributed by atoms with E-state index in [-0.39, 0.29) is 28.6 Å². The van der Waals surface area contributed by atoms with Crippen molar-refractivity contribution in [3.63, 3.8) is 0 Å². The fourth-order valence-electron chi connectivity index (χ4n) is 3.22. The van der Waals surface area contributed by atoms with Gasteiger partial charge in [0.05, 0.1) is 4.92 Å². The molecule has 0 heterocycles. The summed E-state index contributed by atoms with van der Waals surface area (Å²) in [6, 6.07) is 16.6. The molecule has 4 aromatic rings. The second-order valence-electron chi connectivity index (χ2n) is 6.40. The summed E-state index contributed by atoms with van der Waals surface area (Å²) in [6.07, 6.45) is 0. The predicted molar refractivity (Wildman–Crippen MR) is 107 cm³/mol. The van der Waals surface area contributed by atoms with Crippen LogP contribution in [0, 0.1) is 17.0 Å². The number of hydrogen-bond donors (Lipinski definition) is 2. The molecule has 0 aliphatic carbocycles. The highest BCUT2D eigenvalue weighted by Crippen LogP contribution is 2.41. The molecule has 0 saturated heterocycles. The second-order valence-corrected chi connectivity index (χ2v) is 6.40. The van der Waals surface area contributed by atoms with E-state index in [2.05, 4.69) is 10.2 Å². The number of aryl methyl sites for hydroxylation is 1. The lowest BCUT2D eigenvalue weighted by Crippen LogP contribution is -1.89. The molecule has 2 N–H and O–H groups in total. The van der Waals surface area contributed by atoms with Gasteiger partial charge in [-0.15, -0.1) is 10.2 Å². The van der Waals surface area contributed by atoms with E-state index in [1.165, 1.54) is 30.3 Å². The van der Waals surface area contributed by atoms with Crippen LogP contribution in [0.4, 0.5) is 17.1 Å². The van der Waals surface area contributed by atoms with Crippen molar-refractivity contribution in [3.8, 4) is 11.5 Å². The van der Waals surface area contributed by atoms with Crippen LogP contribution < -0.4 is 0 Å². The number of benzene rings is 4. The molecule has 4 rings (SSSR count). The Balaban J connectivity index is 1.91. The fraction of sp³-hybridized carbons (Fsp3) is 0.0476. The summed E-state index contributed by atoms with van der Waals surface area (Å²) >= 11 is 0. The molecule has 0 bridgehead atoms. The number of azo groups is 1. The molecule has 0 unspecified atom stereocenters. The van der Waals surface area contributed by atoms with Gasteiger partial charge in [-0.3, -0.25) is 10.1 Å². The first-order valence-electron chi connectivity index (χ1n) is 8.49. The molecular weight excluding hydrogens is 358 g/mol. The third-order valence-electron chi connectivity index (χ3n) is 4.62. The van der Waals surface area contributed by atoms with Gasteiger partial charge in [0.15, 0.2) is 0 Å². The van der Waals surface area contributed by atoms with E-state index in [0.29, 0.717) is 16.3 Å². The van der Waals surface area contributed by atoms with Crippen LogP contribution in [-0.2, 0) is 0 Å². The largest absolute Gasteiger partial charge is 0.506 e. The number of non-ortho nitro benzene ring substituents is 1. The summed E-state index contributed by atoms with van der Waals surface area (Å²) in [7, 11) is 0. The molecule has 0 atom stereocenters. The molecule has 0 amide bonds. The molecule has 28 heavy (non-hydrogen) atoms. The summed E-state index contributed by atoms with van der Waals surface area (Å²) in [5.74, 6) is -0.128. The van der Waals surface area contributed by atoms with Gasteiger partial charge in [-0.25, -0.2) is 0 Å². The minimum absolute atomic E-state index is 0.0333. The molecule has 7 nitrogen and oxygen atoms in total. The number of nitro groups is 1. The number of rotatable bonds is 3. The zero-order valence-corrected chi connectivity index (χ0v) is 14.8. The van der Waals surface area contributed by atoms with E-state index < -0.39 is 4.92 Å². The van der Waals surface area contributed by atoms with Crippen LogP contribution in [-0.4, -0.2) is 15.1 Å². The van der Waals surface area contributed by atoms with Gasteiger partial charge in [0.25, 0.3) is 5.69 Å². The Kier molecular flexibility index (Phi) is 4.12. The highest BCUT2D eigenvalue weighted by Gasteiger charge is 2.14. The van der Waals surface area contributed by atoms with Gasteiger partial charge in [-0.2, -0.15) is 0 Å². The summed E-state index contributed by atoms with van der Waals surface area (Å²) in [4.78, 5) is 10.6. The number of phenols is 2. The highest BCUT2D eigenvalue weighted by atomic mass is 16.6. The van der Waals surface area contributed by atoms with Crippen molar-refractivity contribution >= 4 is 38.6 Å². The van der Waals surface area contributed by atoms with Gasteiger partial charge in [0, 0.05) is 22.9 Å². The minimum atomic E-state index is -0.471. The maximum Gasteiger partial charge on any atom is 0.270 e. The maximum atomic E-state index is 11.1. The smallest absolute Gasteiger partial charge is 0.270 e. The average Bonchev–Trinajstić information content (AvgIpc) is 2.68. The first kappa shape index (κ1) is 17.4. The summed E-state index contributed by atoms with van der Waals surface area (Å²) in [5.41, 5.74) is 1.11. The summed E-state index contributed by atoms with van der Waals surface area (Å²) in [5, 5.41) is 42.8. The van der Waals surface area contributed by atoms with Crippen molar-refractivity contribution < 1.29 is 15.1 Å². The average molecular weight is 373 g/mol. The zero-order valence-electron chi connectivity index (χ0n) is 14.8. The van der Waals surface area contributed by atoms with Crippen LogP contribution in [0.3, 0.4) is 0 Å². The Morgan fingerprint density at radius 3 is 2.29 bits per heavy atom. The van der Waals surface area contributed by atoms with Crippen molar-refractivity contribution in [2.75, 3.05) is 0 Å². The molecule has 0 fully saturated rings. The lowest BCUT2D eigenvalue weighted by atomic mass is 10.0. The predicted octanol–water partition coefficient (Wildman–Crippen LogP) is 6.04. The molecule has 0 radical (unpaired) electrons. The Bertz CT molecular complexity index is 1280. The lowest BCUT2D eigenvalue weighted by molar-refractivity contribution is -0.384. The molecule has 138 valence electrons. The molecule has 0 aliphatic rings. The van der Waals surface area contributed by atoms with E-state index in [9.17, 15) is 20.3 Å². The third-order valence-corrected chi connectivity index (χ3v) is 4.62. The number of phenolic OH excluding ortho intramolecular Hbond substituents is 2. The van der Waals surface area contributed by atoms with E-state index >= 15 is 0 Å². The number of fused-ring (bicyclic) bond motifs is 2. The number of nitrogens with zero attached hydrogens (tertiary/aromatic N) is 3. The lowest BCUT2D eigenvalue weighted by Gasteiger charge is -2.08. The van der Waals surface area contributed by atoms with Crippen molar-refractivity contribution in [2.45, 2.75) is 6.92 Å². The normalized spacial score (nSPS) is 11.5. The van der Waals surface area contributed by atoms with Gasteiger partial charge in [0.1, 0.15) is 22.9 Å². The van der Waals surface area contributed by atoms with Gasteiger partial charge >= 0.3 is 0 Å². The minimum Gasteiger partial charge on any atom is -0.506 e. The van der Waals surface area contributed by atoms with Gasteiger partial charge in [-0.1, -0.05) is 30.3 Å². The van der Waals surface area contributed by atoms with E-state index in [1.54, 1.807) is 13.0 Å². The quantitative estimate of drug-likeness (QED) is 0.259. The van der Waals surface area contributed by atoms with Crippen molar-refractivity contribution in [1.82, 2.24) is 0 Å². The van der Waals surface area contributed by atoms with Crippen molar-refractivity contribution in [3.05, 3.63) is 76.3 Å². The highest BCUT2D eigenvalue weighted by molar-refractivity contribution is 5.99. The number of hydrogen-bond acceptors (Lipinski definition) is 6. The van der Waals surface area contributed by atoms with Crippen molar-refractivity contribution in [2.24, 2.45) is 10.2 Å². The van der Waals surface area contributed by atoms with E-state index in [1.807, 2.05) is 24.3 Å². The molecular formula is C21H15N3O4. The van der Waals surface area contributed by atoms with Crippen molar-refractivity contribution in [1.29, 1.82) is 0 Å². The maximum absolute atomic E-state index is 11.1.